The molecule has 5 aliphatic heterocycles. The first-order valence-corrected chi connectivity index (χ1v) is 20.4. The second-order valence-corrected chi connectivity index (χ2v) is 18.7. The number of carbonyl (C=O) groups excluding carboxylic acids is 4. The maximum absolute atomic E-state index is 14.9. The Balaban J connectivity index is 1.26. The van der Waals surface area contributed by atoms with Crippen LogP contribution in [0.3, 0.4) is 0 Å². The molecule has 2 aromatic rings. The summed E-state index contributed by atoms with van der Waals surface area (Å²) in [6, 6.07) is 13.2. The number of aliphatic hydroxyl groups excluding tert-OH is 1. The van der Waals surface area contributed by atoms with Crippen LogP contribution in [0, 0.1) is 5.92 Å². The van der Waals surface area contributed by atoms with Crippen molar-refractivity contribution in [3.8, 4) is 0 Å². The van der Waals surface area contributed by atoms with Gasteiger partial charge in [-0.1, -0.05) is 19.1 Å². The molecule has 4 amide bonds. The van der Waals surface area contributed by atoms with Crippen LogP contribution < -0.4 is 14.7 Å². The molecule has 48 heavy (non-hydrogen) atoms. The molecule has 12 heteroatoms. The number of ether oxygens (including phenoxy) is 1. The molecule has 7 rings (SSSR count). The Bertz CT molecular complexity index is 1630. The van der Waals surface area contributed by atoms with Gasteiger partial charge in [-0.2, -0.15) is 0 Å². The zero-order valence-corrected chi connectivity index (χ0v) is 29.1. The summed E-state index contributed by atoms with van der Waals surface area (Å²) in [5.74, 6) is -0.696. The lowest BCUT2D eigenvalue weighted by Gasteiger charge is -2.33. The maximum Gasteiger partial charge on any atom is 0.264 e. The summed E-state index contributed by atoms with van der Waals surface area (Å²) < 4.78 is 6.94. The van der Waals surface area contributed by atoms with Crippen LogP contribution in [0.15, 0.2) is 42.5 Å². The van der Waals surface area contributed by atoms with E-state index in [4.69, 9.17) is 4.74 Å². The molecule has 0 radical (unpaired) electrons. The lowest BCUT2D eigenvalue weighted by Crippen LogP contribution is -2.46. The summed E-state index contributed by atoms with van der Waals surface area (Å²) in [6.07, 6.45) is 3.49. The van der Waals surface area contributed by atoms with Crippen molar-refractivity contribution in [3.63, 3.8) is 0 Å². The fourth-order valence-electron chi connectivity index (χ4n) is 9.04. The van der Waals surface area contributed by atoms with Gasteiger partial charge in [-0.05, 0) is 74.7 Å². The van der Waals surface area contributed by atoms with Crippen LogP contribution in [0.1, 0.15) is 63.0 Å². The van der Waals surface area contributed by atoms with Crippen LogP contribution in [-0.4, -0.2) is 85.1 Å². The Morgan fingerprint density at radius 3 is 2.19 bits per heavy atom. The number of amides is 4. The van der Waals surface area contributed by atoms with Gasteiger partial charge in [0.05, 0.1) is 37.4 Å². The molecule has 1 spiro atoms. The minimum absolute atomic E-state index is 0.00778. The standard InChI is InChI=1S/C36H46N4O7Si/c1-23-34(48(2,3)46)30(20-33(44)39-16-4-7-27(39)22-41)47-36(23)28-19-26(38-18-6-9-32(38)43)14-15-29(28)40(35(36)45)21-24-10-12-25(13-11-24)37-17-5-8-31(37)42/h10-15,19,23,27,30,34,41,46H,4-9,16-18,20-22H2,1-3H3/t23-,27+,30+,34-,36+/m1/s1. The van der Waals surface area contributed by atoms with Crippen molar-refractivity contribution in [1.29, 1.82) is 0 Å². The Hall–Kier alpha value is -3.58. The number of hydrogen-bond donors (Lipinski definition) is 2. The molecule has 0 aliphatic carbocycles. The molecule has 5 heterocycles. The van der Waals surface area contributed by atoms with Crippen LogP contribution in [-0.2, 0) is 36.1 Å². The Morgan fingerprint density at radius 1 is 0.938 bits per heavy atom. The van der Waals surface area contributed by atoms with Crippen molar-refractivity contribution in [1.82, 2.24) is 4.90 Å². The van der Waals surface area contributed by atoms with Gasteiger partial charge in [-0.25, -0.2) is 0 Å². The van der Waals surface area contributed by atoms with E-state index in [0.717, 1.165) is 36.9 Å². The second-order valence-electron chi connectivity index (χ2n) is 14.7. The van der Waals surface area contributed by atoms with Gasteiger partial charge in [0.2, 0.25) is 17.7 Å². The first-order chi connectivity index (χ1) is 22.9. The number of fused-ring (bicyclic) bond motifs is 2. The molecule has 4 fully saturated rings. The van der Waals surface area contributed by atoms with Crippen LogP contribution in [0.25, 0.3) is 0 Å². The van der Waals surface area contributed by atoms with Crippen molar-refractivity contribution in [3.05, 3.63) is 53.6 Å². The smallest absolute Gasteiger partial charge is 0.264 e. The Morgan fingerprint density at radius 2 is 1.58 bits per heavy atom. The van der Waals surface area contributed by atoms with Gasteiger partial charge < -0.3 is 34.2 Å². The average molecular weight is 675 g/mol. The van der Waals surface area contributed by atoms with E-state index in [2.05, 4.69) is 0 Å². The number of anilines is 3. The predicted molar refractivity (Wildman–Crippen MR) is 183 cm³/mol. The molecular weight excluding hydrogens is 629 g/mol. The van der Waals surface area contributed by atoms with Gasteiger partial charge >= 0.3 is 0 Å². The third kappa shape index (κ3) is 5.37. The van der Waals surface area contributed by atoms with Gasteiger partial charge in [0.15, 0.2) is 13.9 Å². The fourth-order valence-corrected chi connectivity index (χ4v) is 11.6. The zero-order chi connectivity index (χ0) is 34.0. The molecule has 5 aliphatic rings. The van der Waals surface area contributed by atoms with Crippen molar-refractivity contribution >= 4 is 49.0 Å². The fraction of sp³-hybridized carbons (Fsp3) is 0.556. The number of likely N-dealkylation sites (tertiary alicyclic amines) is 1. The SMILES string of the molecule is C[C@@H]1[C@@H]([Si](C)(C)O)[C@H](CC(=O)N2CCC[C@H]2CO)O[C@@]12C(=O)N(Cc1ccc(N3CCCC3=O)cc1)c1ccc(N3CCCC3=O)cc12. The highest BCUT2D eigenvalue weighted by molar-refractivity contribution is 6.71. The minimum atomic E-state index is -3.01. The van der Waals surface area contributed by atoms with Crippen molar-refractivity contribution in [2.24, 2.45) is 5.92 Å². The van der Waals surface area contributed by atoms with Crippen LogP contribution in [0.5, 0.6) is 0 Å². The van der Waals surface area contributed by atoms with Gasteiger partial charge in [0.25, 0.3) is 5.91 Å². The van der Waals surface area contributed by atoms with E-state index in [0.29, 0.717) is 49.4 Å². The number of benzene rings is 2. The highest BCUT2D eigenvalue weighted by atomic mass is 28.4. The molecule has 5 atom stereocenters. The molecule has 2 N–H and O–H groups in total. The van der Waals surface area contributed by atoms with E-state index in [1.807, 2.05) is 62.5 Å². The van der Waals surface area contributed by atoms with E-state index in [1.165, 1.54) is 0 Å². The highest BCUT2D eigenvalue weighted by Crippen LogP contribution is 2.60. The first-order valence-electron chi connectivity index (χ1n) is 17.4. The van der Waals surface area contributed by atoms with Gasteiger partial charge in [0, 0.05) is 60.9 Å². The summed E-state index contributed by atoms with van der Waals surface area (Å²) in [5.41, 5.74) is 1.89. The van der Waals surface area contributed by atoms with Crippen LogP contribution >= 0.6 is 0 Å². The van der Waals surface area contributed by atoms with Gasteiger partial charge in [0.1, 0.15) is 0 Å². The predicted octanol–water partition coefficient (Wildman–Crippen LogP) is 3.66. The van der Waals surface area contributed by atoms with Crippen molar-refractivity contribution in [2.75, 3.05) is 40.9 Å². The summed E-state index contributed by atoms with van der Waals surface area (Å²) in [6.45, 7) is 7.65. The second kappa shape index (κ2) is 12.4. The number of aliphatic hydroxyl groups is 1. The van der Waals surface area contributed by atoms with E-state index in [-0.39, 0.29) is 49.2 Å². The van der Waals surface area contributed by atoms with E-state index in [1.54, 1.807) is 19.6 Å². The Labute approximate surface area is 282 Å². The maximum atomic E-state index is 14.9. The molecule has 2 aromatic carbocycles. The lowest BCUT2D eigenvalue weighted by molar-refractivity contribution is -0.150. The minimum Gasteiger partial charge on any atom is -0.432 e. The lowest BCUT2D eigenvalue weighted by atomic mass is 9.82. The molecule has 0 aromatic heterocycles. The molecule has 0 bridgehead atoms. The molecule has 256 valence electrons. The van der Waals surface area contributed by atoms with E-state index < -0.39 is 31.5 Å². The summed E-state index contributed by atoms with van der Waals surface area (Å²) in [4.78, 5) is 72.5. The monoisotopic (exact) mass is 674 g/mol. The van der Waals surface area contributed by atoms with Crippen molar-refractivity contribution in [2.45, 2.75) is 94.8 Å². The molecule has 4 saturated heterocycles. The Kier molecular flexibility index (Phi) is 8.50. The molecular formula is C36H46N4O7Si. The zero-order valence-electron chi connectivity index (χ0n) is 28.1. The number of hydrogen-bond acceptors (Lipinski definition) is 7. The van der Waals surface area contributed by atoms with E-state index in [9.17, 15) is 29.1 Å². The number of rotatable bonds is 8. The number of carbonyl (C=O) groups is 4. The van der Waals surface area contributed by atoms with Crippen LogP contribution in [0.4, 0.5) is 17.1 Å². The third-order valence-corrected chi connectivity index (χ3v) is 13.8. The summed E-state index contributed by atoms with van der Waals surface area (Å²) in [5, 5.41) is 9.89. The number of nitrogens with zero attached hydrogens (tertiary/aromatic N) is 4. The molecule has 0 saturated carbocycles. The quantitative estimate of drug-likeness (QED) is 0.409. The largest absolute Gasteiger partial charge is 0.432 e. The summed E-state index contributed by atoms with van der Waals surface area (Å²) in [7, 11) is -3.01. The van der Waals surface area contributed by atoms with E-state index >= 15 is 0 Å². The van der Waals surface area contributed by atoms with Crippen molar-refractivity contribution < 1.29 is 33.8 Å². The summed E-state index contributed by atoms with van der Waals surface area (Å²) >= 11 is 0. The highest BCUT2D eigenvalue weighted by Gasteiger charge is 2.66. The third-order valence-electron chi connectivity index (χ3n) is 11.3. The topological polar surface area (TPSA) is 131 Å². The normalized spacial score (nSPS) is 28.9. The molecule has 0 unspecified atom stereocenters. The van der Waals surface area contributed by atoms with Crippen LogP contribution in [0.2, 0.25) is 18.6 Å². The van der Waals surface area contributed by atoms with Gasteiger partial charge in [-0.15, -0.1) is 0 Å². The van der Waals surface area contributed by atoms with Gasteiger partial charge in [-0.3, -0.25) is 19.2 Å². The average Bonchev–Trinajstić information content (AvgIpc) is 3.88. The first kappa shape index (κ1) is 32.9. The molecule has 11 nitrogen and oxygen atoms in total.